The molecule has 0 bridgehead atoms. The average Bonchev–Trinajstić information content (AvgIpc) is 3.09. The van der Waals surface area contributed by atoms with Crippen LogP contribution in [0.15, 0.2) is 35.3 Å². The lowest BCUT2D eigenvalue weighted by molar-refractivity contribution is 0.218. The van der Waals surface area contributed by atoms with Crippen molar-refractivity contribution in [3.05, 3.63) is 47.3 Å². The SMILES string of the molecule is CCN(CC)C(CNC(=NC)NCCCn1nc(C)cc1C)c1cccc(OC)c1.I. The van der Waals surface area contributed by atoms with E-state index in [1.807, 2.05) is 20.0 Å². The first-order valence-corrected chi connectivity index (χ1v) is 10.9. The van der Waals surface area contributed by atoms with Gasteiger partial charge in [-0.15, -0.1) is 24.0 Å². The number of aliphatic imine (C=N–C) groups is 1. The Morgan fingerprint density at radius 3 is 2.52 bits per heavy atom. The lowest BCUT2D eigenvalue weighted by Crippen LogP contribution is -2.43. The highest BCUT2D eigenvalue weighted by Crippen LogP contribution is 2.23. The number of guanidine groups is 1. The summed E-state index contributed by atoms with van der Waals surface area (Å²) in [4.78, 5) is 6.84. The maximum atomic E-state index is 5.43. The summed E-state index contributed by atoms with van der Waals surface area (Å²) < 4.78 is 7.49. The molecule has 0 aliphatic carbocycles. The Morgan fingerprint density at radius 2 is 1.94 bits per heavy atom. The van der Waals surface area contributed by atoms with Crippen LogP contribution in [-0.4, -0.2) is 61.0 Å². The summed E-state index contributed by atoms with van der Waals surface area (Å²) in [5.74, 6) is 1.71. The van der Waals surface area contributed by atoms with Gasteiger partial charge in [-0.3, -0.25) is 14.6 Å². The molecule has 1 aromatic carbocycles. The van der Waals surface area contributed by atoms with Crippen molar-refractivity contribution in [1.82, 2.24) is 25.3 Å². The summed E-state index contributed by atoms with van der Waals surface area (Å²) in [5, 5.41) is 11.4. The van der Waals surface area contributed by atoms with Gasteiger partial charge in [0.25, 0.3) is 0 Å². The van der Waals surface area contributed by atoms with Crippen LogP contribution < -0.4 is 15.4 Å². The Hall–Kier alpha value is -1.81. The number of ether oxygens (including phenoxy) is 1. The average molecular weight is 543 g/mol. The zero-order valence-corrected chi connectivity index (χ0v) is 22.1. The minimum Gasteiger partial charge on any atom is -0.497 e. The monoisotopic (exact) mass is 542 g/mol. The number of aromatic nitrogens is 2. The molecular weight excluding hydrogens is 503 g/mol. The molecule has 8 heteroatoms. The minimum absolute atomic E-state index is 0. The van der Waals surface area contributed by atoms with Gasteiger partial charge >= 0.3 is 0 Å². The van der Waals surface area contributed by atoms with Gasteiger partial charge in [-0.05, 0) is 57.1 Å². The van der Waals surface area contributed by atoms with Gasteiger partial charge in [-0.2, -0.15) is 5.10 Å². The quantitative estimate of drug-likeness (QED) is 0.196. The van der Waals surface area contributed by atoms with E-state index in [2.05, 4.69) is 75.3 Å². The number of benzene rings is 1. The van der Waals surface area contributed by atoms with Gasteiger partial charge in [-0.1, -0.05) is 26.0 Å². The van der Waals surface area contributed by atoms with Crippen LogP contribution in [0.3, 0.4) is 0 Å². The largest absolute Gasteiger partial charge is 0.497 e. The summed E-state index contributed by atoms with van der Waals surface area (Å²) in [6.07, 6.45) is 0.984. The van der Waals surface area contributed by atoms with E-state index >= 15 is 0 Å². The molecule has 1 aromatic heterocycles. The van der Waals surface area contributed by atoms with Crippen LogP contribution in [-0.2, 0) is 6.54 Å². The van der Waals surface area contributed by atoms with Gasteiger partial charge in [-0.25, -0.2) is 0 Å². The fourth-order valence-corrected chi connectivity index (χ4v) is 3.72. The molecule has 7 nitrogen and oxygen atoms in total. The number of rotatable bonds is 11. The summed E-state index contributed by atoms with van der Waals surface area (Å²) in [5.41, 5.74) is 3.51. The van der Waals surface area contributed by atoms with E-state index in [1.54, 1.807) is 7.11 Å². The summed E-state index contributed by atoms with van der Waals surface area (Å²) in [6.45, 7) is 13.0. The van der Waals surface area contributed by atoms with Crippen molar-refractivity contribution in [2.45, 2.75) is 46.7 Å². The first-order valence-electron chi connectivity index (χ1n) is 10.9. The third kappa shape index (κ3) is 8.33. The molecular formula is C23H39IN6O. The minimum atomic E-state index is 0. The van der Waals surface area contributed by atoms with Gasteiger partial charge in [0.2, 0.25) is 0 Å². The van der Waals surface area contributed by atoms with Gasteiger partial charge < -0.3 is 15.4 Å². The second kappa shape index (κ2) is 14.3. The zero-order chi connectivity index (χ0) is 21.9. The molecule has 0 amide bonds. The maximum Gasteiger partial charge on any atom is 0.191 e. The van der Waals surface area contributed by atoms with Gasteiger partial charge in [0, 0.05) is 32.4 Å². The molecule has 0 spiro atoms. The van der Waals surface area contributed by atoms with E-state index in [9.17, 15) is 0 Å². The molecule has 1 atom stereocenters. The summed E-state index contributed by atoms with van der Waals surface area (Å²) in [7, 11) is 3.52. The highest BCUT2D eigenvalue weighted by Gasteiger charge is 2.19. The Bertz CT molecular complexity index is 803. The van der Waals surface area contributed by atoms with E-state index in [-0.39, 0.29) is 30.0 Å². The van der Waals surface area contributed by atoms with Crippen molar-refractivity contribution in [2.75, 3.05) is 40.3 Å². The number of halogens is 1. The number of likely N-dealkylation sites (N-methyl/N-ethyl adjacent to an activating group) is 1. The van der Waals surface area contributed by atoms with Crippen LogP contribution in [0.4, 0.5) is 0 Å². The molecule has 0 fully saturated rings. The van der Waals surface area contributed by atoms with Gasteiger partial charge in [0.15, 0.2) is 5.96 Å². The van der Waals surface area contributed by atoms with Crippen LogP contribution in [0, 0.1) is 13.8 Å². The predicted octanol–water partition coefficient (Wildman–Crippen LogP) is 3.76. The van der Waals surface area contributed by atoms with Crippen molar-refractivity contribution in [2.24, 2.45) is 4.99 Å². The number of hydrogen-bond acceptors (Lipinski definition) is 4. The second-order valence-corrected chi connectivity index (χ2v) is 7.40. The van der Waals surface area contributed by atoms with Gasteiger partial charge in [0.1, 0.15) is 5.75 Å². The number of nitrogens with one attached hydrogen (secondary N) is 2. The lowest BCUT2D eigenvalue weighted by Gasteiger charge is -2.31. The highest BCUT2D eigenvalue weighted by molar-refractivity contribution is 14.0. The molecule has 2 rings (SSSR count). The van der Waals surface area contributed by atoms with Crippen molar-refractivity contribution in [3.8, 4) is 5.75 Å². The van der Waals surface area contributed by atoms with Crippen molar-refractivity contribution in [3.63, 3.8) is 0 Å². The fourth-order valence-electron chi connectivity index (χ4n) is 3.72. The smallest absolute Gasteiger partial charge is 0.191 e. The number of nitrogens with zero attached hydrogens (tertiary/aromatic N) is 4. The van der Waals surface area contributed by atoms with E-state index in [0.717, 1.165) is 56.5 Å². The molecule has 0 aliphatic rings. The lowest BCUT2D eigenvalue weighted by atomic mass is 10.0. The molecule has 2 aromatic rings. The molecule has 31 heavy (non-hydrogen) atoms. The van der Waals surface area contributed by atoms with Crippen LogP contribution in [0.25, 0.3) is 0 Å². The molecule has 0 saturated carbocycles. The van der Waals surface area contributed by atoms with Crippen LogP contribution in [0.2, 0.25) is 0 Å². The molecule has 1 heterocycles. The van der Waals surface area contributed by atoms with E-state index < -0.39 is 0 Å². The number of methoxy groups -OCH3 is 1. The van der Waals surface area contributed by atoms with E-state index in [0.29, 0.717) is 0 Å². The Morgan fingerprint density at radius 1 is 1.19 bits per heavy atom. The third-order valence-corrected chi connectivity index (χ3v) is 5.36. The Kier molecular flexibility index (Phi) is 12.5. The van der Waals surface area contributed by atoms with E-state index in [4.69, 9.17) is 4.74 Å². The van der Waals surface area contributed by atoms with Crippen LogP contribution in [0.1, 0.15) is 43.3 Å². The molecule has 2 N–H and O–H groups in total. The Balaban J connectivity index is 0.00000480. The Labute approximate surface area is 204 Å². The van der Waals surface area contributed by atoms with Crippen LogP contribution >= 0.6 is 24.0 Å². The summed E-state index contributed by atoms with van der Waals surface area (Å²) in [6, 6.07) is 10.7. The maximum absolute atomic E-state index is 5.43. The third-order valence-electron chi connectivity index (χ3n) is 5.36. The first-order chi connectivity index (χ1) is 14.5. The first kappa shape index (κ1) is 27.2. The van der Waals surface area contributed by atoms with Gasteiger partial charge in [0.05, 0.1) is 18.8 Å². The van der Waals surface area contributed by atoms with Crippen molar-refractivity contribution < 1.29 is 4.74 Å². The normalized spacial score (nSPS) is 12.4. The molecule has 0 aliphatic heterocycles. The van der Waals surface area contributed by atoms with Crippen molar-refractivity contribution >= 4 is 29.9 Å². The zero-order valence-electron chi connectivity index (χ0n) is 19.8. The second-order valence-electron chi connectivity index (χ2n) is 7.40. The van der Waals surface area contributed by atoms with Crippen LogP contribution in [0.5, 0.6) is 5.75 Å². The fraction of sp³-hybridized carbons (Fsp3) is 0.565. The molecule has 0 saturated heterocycles. The topological polar surface area (TPSA) is 66.7 Å². The number of aryl methyl sites for hydroxylation is 3. The van der Waals surface area contributed by atoms with E-state index in [1.165, 1.54) is 11.3 Å². The molecule has 174 valence electrons. The predicted molar refractivity (Wildman–Crippen MR) is 140 cm³/mol. The van der Waals surface area contributed by atoms with Crippen molar-refractivity contribution in [1.29, 1.82) is 0 Å². The molecule has 1 unspecified atom stereocenters. The standard InChI is InChI=1S/C23H38N6O.HI/c1-7-28(8-2)22(20-11-9-12-21(16-20)30-6)17-26-23(24-5)25-13-10-14-29-19(4)15-18(3)27-29;/h9,11-12,15-16,22H,7-8,10,13-14,17H2,1-6H3,(H2,24,25,26);1H. The summed E-state index contributed by atoms with van der Waals surface area (Å²) >= 11 is 0. The highest BCUT2D eigenvalue weighted by atomic mass is 127. The molecule has 0 radical (unpaired) electrons. The number of hydrogen-bond donors (Lipinski definition) is 2.